The van der Waals surface area contributed by atoms with Gasteiger partial charge in [0.2, 0.25) is 5.91 Å². The highest BCUT2D eigenvalue weighted by Gasteiger charge is 2.40. The highest BCUT2D eigenvalue weighted by molar-refractivity contribution is 5.97. The molecule has 4 rings (SSSR count). The van der Waals surface area contributed by atoms with Gasteiger partial charge in [0.15, 0.2) is 0 Å². The second kappa shape index (κ2) is 5.81. The Bertz CT molecular complexity index is 725. The summed E-state index contributed by atoms with van der Waals surface area (Å²) in [5.41, 5.74) is 3.33. The SMILES string of the molecule is CCn1cc([C@H]2OCC[C@@H]2C(=O)N2CCc3ccccc32)cn1. The summed E-state index contributed by atoms with van der Waals surface area (Å²) in [6.07, 6.45) is 5.37. The number of hydrogen-bond acceptors (Lipinski definition) is 3. The number of nitrogens with zero attached hydrogens (tertiary/aromatic N) is 3. The van der Waals surface area contributed by atoms with Crippen LogP contribution in [-0.4, -0.2) is 28.8 Å². The van der Waals surface area contributed by atoms with Gasteiger partial charge < -0.3 is 9.64 Å². The van der Waals surface area contributed by atoms with E-state index in [9.17, 15) is 4.79 Å². The Hall–Kier alpha value is -2.14. The fourth-order valence-electron chi connectivity index (χ4n) is 3.64. The molecule has 0 bridgehead atoms. The minimum Gasteiger partial charge on any atom is -0.373 e. The molecule has 0 unspecified atom stereocenters. The molecule has 0 N–H and O–H groups in total. The summed E-state index contributed by atoms with van der Waals surface area (Å²) in [5, 5.41) is 4.32. The summed E-state index contributed by atoms with van der Waals surface area (Å²) >= 11 is 0. The Morgan fingerprint density at radius 3 is 3.09 bits per heavy atom. The summed E-state index contributed by atoms with van der Waals surface area (Å²) in [6.45, 7) is 4.28. The summed E-state index contributed by atoms with van der Waals surface area (Å²) in [4.78, 5) is 15.0. The number of hydrogen-bond donors (Lipinski definition) is 0. The molecule has 5 nitrogen and oxygen atoms in total. The summed E-state index contributed by atoms with van der Waals surface area (Å²) in [7, 11) is 0. The minimum atomic E-state index is -0.171. The zero-order chi connectivity index (χ0) is 15.8. The van der Waals surface area contributed by atoms with Crippen molar-refractivity contribution in [3.05, 3.63) is 47.8 Å². The predicted molar refractivity (Wildman–Crippen MR) is 87.2 cm³/mol. The molecular formula is C18H21N3O2. The third-order valence-electron chi connectivity index (χ3n) is 4.87. The molecule has 0 radical (unpaired) electrons. The number of ether oxygens (including phenoxy) is 1. The van der Waals surface area contributed by atoms with Crippen LogP contribution < -0.4 is 4.90 Å². The third kappa shape index (κ3) is 2.45. The van der Waals surface area contributed by atoms with Gasteiger partial charge in [-0.15, -0.1) is 0 Å². The van der Waals surface area contributed by atoms with Gasteiger partial charge in [0.05, 0.1) is 18.2 Å². The average molecular weight is 311 g/mol. The highest BCUT2D eigenvalue weighted by atomic mass is 16.5. The van der Waals surface area contributed by atoms with Crippen LogP contribution in [-0.2, 0) is 22.5 Å². The molecule has 120 valence electrons. The fourth-order valence-corrected chi connectivity index (χ4v) is 3.64. The van der Waals surface area contributed by atoms with Gasteiger partial charge in [0.1, 0.15) is 0 Å². The van der Waals surface area contributed by atoms with E-state index in [4.69, 9.17) is 4.74 Å². The van der Waals surface area contributed by atoms with Gasteiger partial charge in [-0.3, -0.25) is 9.48 Å². The monoisotopic (exact) mass is 311 g/mol. The Morgan fingerprint density at radius 1 is 1.39 bits per heavy atom. The molecule has 1 fully saturated rings. The van der Waals surface area contributed by atoms with E-state index < -0.39 is 0 Å². The molecule has 1 aromatic heterocycles. The molecule has 2 aliphatic rings. The van der Waals surface area contributed by atoms with Crippen molar-refractivity contribution in [1.82, 2.24) is 9.78 Å². The lowest BCUT2D eigenvalue weighted by molar-refractivity contribution is -0.124. The van der Waals surface area contributed by atoms with E-state index >= 15 is 0 Å². The quantitative estimate of drug-likeness (QED) is 0.875. The molecule has 2 atom stereocenters. The number of rotatable bonds is 3. The van der Waals surface area contributed by atoms with Crippen LogP contribution in [0.3, 0.4) is 0 Å². The number of fused-ring (bicyclic) bond motifs is 1. The first kappa shape index (κ1) is 14.5. The first-order chi connectivity index (χ1) is 11.3. The number of amides is 1. The van der Waals surface area contributed by atoms with Gasteiger partial charge in [-0.25, -0.2) is 0 Å². The van der Waals surface area contributed by atoms with Crippen molar-refractivity contribution in [2.24, 2.45) is 5.92 Å². The lowest BCUT2D eigenvalue weighted by atomic mass is 9.95. The van der Waals surface area contributed by atoms with Crippen molar-refractivity contribution in [1.29, 1.82) is 0 Å². The minimum absolute atomic E-state index is 0.115. The number of benzene rings is 1. The van der Waals surface area contributed by atoms with Gasteiger partial charge in [-0.05, 0) is 31.4 Å². The highest BCUT2D eigenvalue weighted by Crippen LogP contribution is 2.38. The summed E-state index contributed by atoms with van der Waals surface area (Å²) < 4.78 is 7.76. The molecule has 1 saturated heterocycles. The van der Waals surface area contributed by atoms with E-state index in [0.717, 1.165) is 37.2 Å². The lowest BCUT2D eigenvalue weighted by Gasteiger charge is -2.24. The first-order valence-electron chi connectivity index (χ1n) is 8.31. The van der Waals surface area contributed by atoms with Crippen LogP contribution in [0.5, 0.6) is 0 Å². The Morgan fingerprint density at radius 2 is 2.26 bits per heavy atom. The Labute approximate surface area is 135 Å². The van der Waals surface area contributed by atoms with Crippen molar-refractivity contribution in [2.75, 3.05) is 18.1 Å². The molecule has 1 aromatic carbocycles. The van der Waals surface area contributed by atoms with Crippen molar-refractivity contribution >= 4 is 11.6 Å². The molecular weight excluding hydrogens is 290 g/mol. The summed E-state index contributed by atoms with van der Waals surface area (Å²) in [5.74, 6) is 0.0670. The van der Waals surface area contributed by atoms with Crippen LogP contribution in [0, 0.1) is 5.92 Å². The standard InChI is InChI=1S/C18H21N3O2/c1-2-20-12-14(11-19-20)17-15(8-10-23-17)18(22)21-9-7-13-5-3-4-6-16(13)21/h3-6,11-12,15,17H,2,7-10H2,1H3/t15-,17+/m0/s1. The van der Waals surface area contributed by atoms with Crippen molar-refractivity contribution < 1.29 is 9.53 Å². The zero-order valence-electron chi connectivity index (χ0n) is 13.3. The Kier molecular flexibility index (Phi) is 3.65. The summed E-state index contributed by atoms with van der Waals surface area (Å²) in [6, 6.07) is 8.18. The predicted octanol–water partition coefficient (Wildman–Crippen LogP) is 2.57. The lowest BCUT2D eigenvalue weighted by Crippen LogP contribution is -2.36. The molecule has 0 spiro atoms. The van der Waals surface area contributed by atoms with Crippen LogP contribution in [0.1, 0.15) is 30.6 Å². The maximum absolute atomic E-state index is 13.1. The maximum atomic E-state index is 13.1. The van der Waals surface area contributed by atoms with E-state index in [1.807, 2.05) is 40.2 Å². The molecule has 3 heterocycles. The second-order valence-electron chi connectivity index (χ2n) is 6.18. The number of anilines is 1. The number of para-hydroxylation sites is 1. The van der Waals surface area contributed by atoms with Gasteiger partial charge in [0, 0.05) is 37.1 Å². The smallest absolute Gasteiger partial charge is 0.233 e. The first-order valence-corrected chi connectivity index (χ1v) is 8.31. The molecule has 0 saturated carbocycles. The van der Waals surface area contributed by atoms with E-state index in [2.05, 4.69) is 18.1 Å². The normalized spacial score (nSPS) is 23.3. The molecule has 0 aliphatic carbocycles. The van der Waals surface area contributed by atoms with Gasteiger partial charge in [0.25, 0.3) is 0 Å². The molecule has 2 aromatic rings. The number of aryl methyl sites for hydroxylation is 1. The molecule has 23 heavy (non-hydrogen) atoms. The van der Waals surface area contributed by atoms with Crippen LogP contribution in [0.15, 0.2) is 36.7 Å². The number of aromatic nitrogens is 2. The van der Waals surface area contributed by atoms with Crippen LogP contribution in [0.2, 0.25) is 0 Å². The molecule has 2 aliphatic heterocycles. The van der Waals surface area contributed by atoms with Gasteiger partial charge in [-0.1, -0.05) is 18.2 Å². The van der Waals surface area contributed by atoms with Gasteiger partial charge >= 0.3 is 0 Å². The fraction of sp³-hybridized carbons (Fsp3) is 0.444. The topological polar surface area (TPSA) is 47.4 Å². The zero-order valence-corrected chi connectivity index (χ0v) is 13.3. The Balaban J connectivity index is 1.58. The average Bonchev–Trinajstić information content (AvgIpc) is 3.31. The van der Waals surface area contributed by atoms with E-state index in [-0.39, 0.29) is 17.9 Å². The maximum Gasteiger partial charge on any atom is 0.233 e. The van der Waals surface area contributed by atoms with Crippen molar-refractivity contribution in [3.63, 3.8) is 0 Å². The number of carbonyl (C=O) groups excluding carboxylic acids is 1. The van der Waals surface area contributed by atoms with E-state index in [1.54, 1.807) is 0 Å². The molecule has 5 heteroatoms. The van der Waals surface area contributed by atoms with E-state index in [0.29, 0.717) is 6.61 Å². The van der Waals surface area contributed by atoms with E-state index in [1.165, 1.54) is 5.56 Å². The largest absolute Gasteiger partial charge is 0.373 e. The molecule has 1 amide bonds. The van der Waals surface area contributed by atoms with Crippen LogP contribution in [0.4, 0.5) is 5.69 Å². The van der Waals surface area contributed by atoms with Crippen molar-refractivity contribution in [3.8, 4) is 0 Å². The second-order valence-corrected chi connectivity index (χ2v) is 6.18. The van der Waals surface area contributed by atoms with Crippen LogP contribution in [0.25, 0.3) is 0 Å². The number of carbonyl (C=O) groups is 1. The van der Waals surface area contributed by atoms with Crippen LogP contribution >= 0.6 is 0 Å². The van der Waals surface area contributed by atoms with Gasteiger partial charge in [-0.2, -0.15) is 5.10 Å². The van der Waals surface area contributed by atoms with Crippen molar-refractivity contribution in [2.45, 2.75) is 32.4 Å². The third-order valence-corrected chi connectivity index (χ3v) is 4.87.